The lowest BCUT2D eigenvalue weighted by atomic mass is 9.91. The van der Waals surface area contributed by atoms with Crippen molar-refractivity contribution in [1.29, 1.82) is 0 Å². The number of para-hydroxylation sites is 2. The summed E-state index contributed by atoms with van der Waals surface area (Å²) in [6.45, 7) is 2.06. The fourth-order valence-corrected chi connectivity index (χ4v) is 4.87. The van der Waals surface area contributed by atoms with Crippen LogP contribution in [0.25, 0.3) is 10.9 Å². The Morgan fingerprint density at radius 2 is 1.81 bits per heavy atom. The molecule has 0 fully saturated rings. The highest BCUT2D eigenvalue weighted by Crippen LogP contribution is 2.44. The van der Waals surface area contributed by atoms with Crippen LogP contribution >= 0.6 is 0 Å². The number of rotatable bonds is 7. The summed E-state index contributed by atoms with van der Waals surface area (Å²) in [6, 6.07) is 18.6. The molecule has 4 aromatic rings. The second kappa shape index (κ2) is 8.73. The highest BCUT2D eigenvalue weighted by atomic mass is 16.5. The lowest BCUT2D eigenvalue weighted by Crippen LogP contribution is -2.35. The van der Waals surface area contributed by atoms with Crippen molar-refractivity contribution in [3.8, 4) is 11.5 Å². The summed E-state index contributed by atoms with van der Waals surface area (Å²) in [5.74, 6) is 3.24. The van der Waals surface area contributed by atoms with E-state index in [1.165, 1.54) is 16.6 Å². The van der Waals surface area contributed by atoms with Gasteiger partial charge in [0, 0.05) is 35.8 Å². The molecule has 0 amide bonds. The van der Waals surface area contributed by atoms with Gasteiger partial charge in [-0.25, -0.2) is 0 Å². The smallest absolute Gasteiger partial charge is 0.165 e. The Morgan fingerprint density at radius 3 is 2.62 bits per heavy atom. The molecule has 0 radical (unpaired) electrons. The van der Waals surface area contributed by atoms with Gasteiger partial charge >= 0.3 is 0 Å². The molecular weight excluding hydrogens is 404 g/mol. The van der Waals surface area contributed by atoms with Gasteiger partial charge in [0.05, 0.1) is 26.8 Å². The van der Waals surface area contributed by atoms with Crippen molar-refractivity contribution in [3.05, 3.63) is 82.9 Å². The molecule has 1 unspecified atom stereocenters. The van der Waals surface area contributed by atoms with E-state index in [1.54, 1.807) is 21.3 Å². The molecule has 6 heteroatoms. The SMILES string of the molecule is COCc1ccc(CN2CCc3c([nH]c4ccccc34)C2c2cccc(OC)c2OC)o1. The van der Waals surface area contributed by atoms with Crippen LogP contribution in [0, 0.1) is 0 Å². The molecule has 1 aliphatic heterocycles. The van der Waals surface area contributed by atoms with Gasteiger partial charge in [-0.3, -0.25) is 4.90 Å². The standard InChI is InChI=1S/C26H28N2O4/c1-29-16-18-12-11-17(32-18)15-28-14-13-20-19-7-4-5-9-22(19)27-24(20)25(28)21-8-6-10-23(30-2)26(21)31-3/h4-12,25,27H,13-16H2,1-3H3. The van der Waals surface area contributed by atoms with Gasteiger partial charge in [0.25, 0.3) is 0 Å². The van der Waals surface area contributed by atoms with Gasteiger partial charge in [0.2, 0.25) is 0 Å². The molecule has 0 aliphatic carbocycles. The van der Waals surface area contributed by atoms with Gasteiger partial charge in [-0.05, 0) is 36.2 Å². The number of fused-ring (bicyclic) bond motifs is 3. The Kier molecular flexibility index (Phi) is 5.64. The van der Waals surface area contributed by atoms with Crippen molar-refractivity contribution in [2.45, 2.75) is 25.6 Å². The molecule has 5 rings (SSSR count). The third kappa shape index (κ3) is 3.55. The van der Waals surface area contributed by atoms with Gasteiger partial charge in [-0.15, -0.1) is 0 Å². The average Bonchev–Trinajstić information content (AvgIpc) is 3.42. The van der Waals surface area contributed by atoms with E-state index >= 15 is 0 Å². The molecule has 2 aromatic heterocycles. The molecule has 0 spiro atoms. The molecule has 1 atom stereocenters. The second-order valence-corrected chi connectivity index (χ2v) is 8.07. The number of benzene rings is 2. The van der Waals surface area contributed by atoms with Crippen LogP contribution in [0.5, 0.6) is 11.5 Å². The van der Waals surface area contributed by atoms with E-state index in [2.05, 4.69) is 40.2 Å². The van der Waals surface area contributed by atoms with Gasteiger partial charge in [0.15, 0.2) is 11.5 Å². The maximum Gasteiger partial charge on any atom is 0.165 e. The highest BCUT2D eigenvalue weighted by molar-refractivity contribution is 5.85. The summed E-state index contributed by atoms with van der Waals surface area (Å²) in [4.78, 5) is 6.14. The molecule has 0 saturated heterocycles. The fourth-order valence-electron chi connectivity index (χ4n) is 4.87. The van der Waals surface area contributed by atoms with Crippen LogP contribution in [0.15, 0.2) is 59.0 Å². The summed E-state index contributed by atoms with van der Waals surface area (Å²) in [6.07, 6.45) is 0.966. The molecule has 1 aliphatic rings. The first-order chi connectivity index (χ1) is 15.7. The van der Waals surface area contributed by atoms with Crippen LogP contribution in [-0.2, 0) is 24.3 Å². The molecule has 3 heterocycles. The summed E-state index contributed by atoms with van der Waals surface area (Å²) in [7, 11) is 5.05. The molecule has 1 N–H and O–H groups in total. The van der Waals surface area contributed by atoms with Gasteiger partial charge in [-0.1, -0.05) is 30.3 Å². The summed E-state index contributed by atoms with van der Waals surface area (Å²) in [5, 5.41) is 1.29. The van der Waals surface area contributed by atoms with Crippen molar-refractivity contribution >= 4 is 10.9 Å². The second-order valence-electron chi connectivity index (χ2n) is 8.07. The minimum Gasteiger partial charge on any atom is -0.493 e. The first-order valence-corrected chi connectivity index (χ1v) is 10.8. The summed E-state index contributed by atoms with van der Waals surface area (Å²) in [5.41, 5.74) is 4.80. The maximum atomic E-state index is 6.03. The van der Waals surface area contributed by atoms with Gasteiger partial charge < -0.3 is 23.6 Å². The van der Waals surface area contributed by atoms with Crippen LogP contribution < -0.4 is 9.47 Å². The number of hydrogen-bond donors (Lipinski definition) is 1. The fraction of sp³-hybridized carbons (Fsp3) is 0.308. The number of hydrogen-bond acceptors (Lipinski definition) is 5. The molecule has 0 saturated carbocycles. The predicted molar refractivity (Wildman–Crippen MR) is 123 cm³/mol. The minimum atomic E-state index is -0.0211. The minimum absolute atomic E-state index is 0.0211. The van der Waals surface area contributed by atoms with Crippen LogP contribution in [0.4, 0.5) is 0 Å². The van der Waals surface area contributed by atoms with E-state index in [0.717, 1.165) is 47.1 Å². The van der Waals surface area contributed by atoms with Gasteiger partial charge in [-0.2, -0.15) is 0 Å². The zero-order chi connectivity index (χ0) is 22.1. The van der Waals surface area contributed by atoms with Crippen LogP contribution in [0.2, 0.25) is 0 Å². The zero-order valence-electron chi connectivity index (χ0n) is 18.7. The molecule has 0 bridgehead atoms. The third-order valence-corrected chi connectivity index (χ3v) is 6.23. The van der Waals surface area contributed by atoms with E-state index < -0.39 is 0 Å². The van der Waals surface area contributed by atoms with E-state index in [-0.39, 0.29) is 6.04 Å². The normalized spacial score (nSPS) is 16.3. The zero-order valence-corrected chi connectivity index (χ0v) is 18.7. The number of aromatic amines is 1. The van der Waals surface area contributed by atoms with Crippen molar-refractivity contribution in [2.75, 3.05) is 27.9 Å². The quantitative estimate of drug-likeness (QED) is 0.442. The van der Waals surface area contributed by atoms with E-state index in [0.29, 0.717) is 13.2 Å². The number of H-pyrrole nitrogens is 1. The first-order valence-electron chi connectivity index (χ1n) is 10.8. The topological polar surface area (TPSA) is 59.9 Å². The van der Waals surface area contributed by atoms with E-state index in [1.807, 2.05) is 24.3 Å². The van der Waals surface area contributed by atoms with Crippen molar-refractivity contribution in [1.82, 2.24) is 9.88 Å². The molecule has 32 heavy (non-hydrogen) atoms. The van der Waals surface area contributed by atoms with Crippen LogP contribution in [0.3, 0.4) is 0 Å². The number of ether oxygens (including phenoxy) is 3. The number of furan rings is 1. The molecule has 2 aromatic carbocycles. The van der Waals surface area contributed by atoms with E-state index in [4.69, 9.17) is 18.6 Å². The summed E-state index contributed by atoms with van der Waals surface area (Å²) >= 11 is 0. The third-order valence-electron chi connectivity index (χ3n) is 6.23. The average molecular weight is 433 g/mol. The number of nitrogens with one attached hydrogen (secondary N) is 1. The Balaban J connectivity index is 1.62. The van der Waals surface area contributed by atoms with Crippen molar-refractivity contribution in [3.63, 3.8) is 0 Å². The molecular formula is C26H28N2O4. The van der Waals surface area contributed by atoms with Crippen LogP contribution in [-0.4, -0.2) is 37.8 Å². The Labute approximate surface area is 187 Å². The lowest BCUT2D eigenvalue weighted by molar-refractivity contribution is 0.152. The predicted octanol–water partition coefficient (Wildman–Crippen LogP) is 5.07. The van der Waals surface area contributed by atoms with Crippen LogP contribution in [0.1, 0.15) is 34.4 Å². The van der Waals surface area contributed by atoms with Crippen molar-refractivity contribution in [2.24, 2.45) is 0 Å². The highest BCUT2D eigenvalue weighted by Gasteiger charge is 2.34. The Morgan fingerprint density at radius 1 is 0.969 bits per heavy atom. The van der Waals surface area contributed by atoms with Crippen molar-refractivity contribution < 1.29 is 18.6 Å². The lowest BCUT2D eigenvalue weighted by Gasteiger charge is -2.36. The monoisotopic (exact) mass is 432 g/mol. The summed E-state index contributed by atoms with van der Waals surface area (Å²) < 4.78 is 22.7. The number of aromatic nitrogens is 1. The Hall–Kier alpha value is -3.22. The maximum absolute atomic E-state index is 6.03. The largest absolute Gasteiger partial charge is 0.493 e. The number of methoxy groups -OCH3 is 3. The van der Waals surface area contributed by atoms with E-state index in [9.17, 15) is 0 Å². The number of nitrogens with zero attached hydrogens (tertiary/aromatic N) is 1. The molecule has 166 valence electrons. The Bertz CT molecular complexity index is 1230. The molecule has 6 nitrogen and oxygen atoms in total. The first kappa shape index (κ1) is 20.7. The van der Waals surface area contributed by atoms with Gasteiger partial charge in [0.1, 0.15) is 18.1 Å².